The van der Waals surface area contributed by atoms with E-state index in [9.17, 15) is 13.2 Å². The molecule has 0 saturated carbocycles. The Kier molecular flexibility index (Phi) is 5.88. The Morgan fingerprint density at radius 2 is 1.85 bits per heavy atom. The van der Waals surface area contributed by atoms with Gasteiger partial charge in [-0.1, -0.05) is 35.9 Å². The molecule has 3 rings (SSSR count). The zero-order chi connectivity index (χ0) is 19.3. The Morgan fingerprint density at radius 3 is 2.56 bits per heavy atom. The van der Waals surface area contributed by atoms with Gasteiger partial charge >= 0.3 is 0 Å². The summed E-state index contributed by atoms with van der Waals surface area (Å²) in [7, 11) is -3.71. The normalized spacial score (nSPS) is 11.3. The van der Waals surface area contributed by atoms with Crippen LogP contribution in [0.15, 0.2) is 66.1 Å². The van der Waals surface area contributed by atoms with Gasteiger partial charge in [-0.25, -0.2) is 18.1 Å². The highest BCUT2D eigenvalue weighted by molar-refractivity contribution is 7.92. The Morgan fingerprint density at radius 1 is 1.11 bits per heavy atom. The lowest BCUT2D eigenvalue weighted by Crippen LogP contribution is -2.30. The molecule has 0 fully saturated rings. The molecule has 0 aliphatic rings. The van der Waals surface area contributed by atoms with Gasteiger partial charge in [0.05, 0.1) is 11.4 Å². The molecule has 0 unspecified atom stereocenters. The number of hydrogen-bond donors (Lipinski definition) is 1. The molecule has 1 heterocycles. The topological polar surface area (TPSA) is 94.0 Å². The lowest BCUT2D eigenvalue weighted by atomic mass is 10.1. The zero-order valence-electron chi connectivity index (χ0n) is 14.2. The number of nitrogens with one attached hydrogen (secondary N) is 1. The first-order chi connectivity index (χ1) is 12.9. The molecule has 3 aromatic rings. The second-order valence-corrected chi connectivity index (χ2v) is 8.33. The lowest BCUT2D eigenvalue weighted by molar-refractivity contribution is -0.118. The van der Waals surface area contributed by atoms with E-state index in [-0.39, 0.29) is 11.4 Å². The minimum absolute atomic E-state index is 0.0666. The van der Waals surface area contributed by atoms with E-state index in [0.717, 1.165) is 11.1 Å². The number of carbonyl (C=O) groups is 1. The number of aromatic nitrogens is 3. The largest absolute Gasteiger partial charge is 0.351 e. The molecule has 0 aliphatic heterocycles. The van der Waals surface area contributed by atoms with Crippen LogP contribution in [0.25, 0.3) is 0 Å². The van der Waals surface area contributed by atoms with Crippen LogP contribution in [0.3, 0.4) is 0 Å². The number of amides is 1. The van der Waals surface area contributed by atoms with Crippen LogP contribution < -0.4 is 5.32 Å². The van der Waals surface area contributed by atoms with Crippen molar-refractivity contribution in [2.75, 3.05) is 5.75 Å². The number of carbonyl (C=O) groups excluding carboxylic acids is 1. The van der Waals surface area contributed by atoms with Crippen molar-refractivity contribution in [2.45, 2.75) is 18.0 Å². The van der Waals surface area contributed by atoms with Gasteiger partial charge in [-0.15, -0.1) is 0 Å². The van der Waals surface area contributed by atoms with Crippen LogP contribution in [0.4, 0.5) is 0 Å². The van der Waals surface area contributed by atoms with Gasteiger partial charge in [0.25, 0.3) is 0 Å². The van der Waals surface area contributed by atoms with E-state index < -0.39 is 21.5 Å². The second kappa shape index (κ2) is 8.32. The number of sulfone groups is 1. The van der Waals surface area contributed by atoms with Crippen molar-refractivity contribution in [3.8, 4) is 0 Å². The van der Waals surface area contributed by atoms with Crippen LogP contribution in [-0.4, -0.2) is 34.8 Å². The van der Waals surface area contributed by atoms with Crippen molar-refractivity contribution < 1.29 is 13.2 Å². The summed E-state index contributed by atoms with van der Waals surface area (Å²) in [4.78, 5) is 16.0. The molecule has 0 spiro atoms. The molecule has 140 valence electrons. The van der Waals surface area contributed by atoms with Crippen molar-refractivity contribution in [1.82, 2.24) is 20.1 Å². The number of hydrogen-bond acceptors (Lipinski definition) is 5. The molecule has 9 heteroatoms. The molecule has 0 saturated heterocycles. The first-order valence-electron chi connectivity index (χ1n) is 8.08. The SMILES string of the molecule is O=C(CS(=O)(=O)c1ccc(Cl)cc1)NCc1cccc(Cn2cncn2)c1. The van der Waals surface area contributed by atoms with E-state index in [0.29, 0.717) is 11.6 Å². The van der Waals surface area contributed by atoms with Gasteiger partial charge in [-0.2, -0.15) is 5.10 Å². The third-order valence-electron chi connectivity index (χ3n) is 3.79. The highest BCUT2D eigenvalue weighted by Gasteiger charge is 2.19. The van der Waals surface area contributed by atoms with Crippen molar-refractivity contribution in [2.24, 2.45) is 0 Å². The van der Waals surface area contributed by atoms with E-state index in [4.69, 9.17) is 11.6 Å². The molecule has 1 N–H and O–H groups in total. The third-order valence-corrected chi connectivity index (χ3v) is 5.67. The Hall–Kier alpha value is -2.71. The number of benzene rings is 2. The number of halogens is 1. The van der Waals surface area contributed by atoms with Crippen LogP contribution in [0.5, 0.6) is 0 Å². The maximum absolute atomic E-state index is 12.3. The molecule has 0 atom stereocenters. The summed E-state index contributed by atoms with van der Waals surface area (Å²) < 4.78 is 26.2. The summed E-state index contributed by atoms with van der Waals surface area (Å²) in [6.45, 7) is 0.799. The molecular weight excluding hydrogens is 388 g/mol. The Balaban J connectivity index is 1.58. The van der Waals surface area contributed by atoms with Gasteiger partial charge in [0.1, 0.15) is 18.4 Å². The van der Waals surface area contributed by atoms with Gasteiger partial charge in [-0.3, -0.25) is 4.79 Å². The lowest BCUT2D eigenvalue weighted by Gasteiger charge is -2.08. The van der Waals surface area contributed by atoms with Crippen molar-refractivity contribution in [3.05, 3.63) is 77.3 Å². The van der Waals surface area contributed by atoms with E-state index >= 15 is 0 Å². The maximum Gasteiger partial charge on any atom is 0.235 e. The average Bonchev–Trinajstić information content (AvgIpc) is 3.13. The molecule has 0 radical (unpaired) electrons. The third kappa shape index (κ3) is 5.38. The van der Waals surface area contributed by atoms with E-state index in [1.807, 2.05) is 24.3 Å². The van der Waals surface area contributed by atoms with Crippen LogP contribution in [0.2, 0.25) is 5.02 Å². The monoisotopic (exact) mass is 404 g/mol. The highest BCUT2D eigenvalue weighted by atomic mass is 35.5. The first kappa shape index (κ1) is 19.1. The summed E-state index contributed by atoms with van der Waals surface area (Å²) in [5.74, 6) is -1.18. The minimum Gasteiger partial charge on any atom is -0.351 e. The molecule has 1 amide bonds. The predicted molar refractivity (Wildman–Crippen MR) is 101 cm³/mol. The van der Waals surface area contributed by atoms with Crippen LogP contribution in [-0.2, 0) is 27.7 Å². The summed E-state index contributed by atoms with van der Waals surface area (Å²) in [6.07, 6.45) is 3.08. The fourth-order valence-corrected chi connectivity index (χ4v) is 3.78. The highest BCUT2D eigenvalue weighted by Crippen LogP contribution is 2.15. The summed E-state index contributed by atoms with van der Waals surface area (Å²) >= 11 is 5.76. The van der Waals surface area contributed by atoms with E-state index in [1.54, 1.807) is 11.0 Å². The van der Waals surface area contributed by atoms with E-state index in [1.165, 1.54) is 30.6 Å². The number of nitrogens with zero attached hydrogens (tertiary/aromatic N) is 3. The van der Waals surface area contributed by atoms with Crippen LogP contribution in [0.1, 0.15) is 11.1 Å². The Bertz CT molecular complexity index is 1020. The quantitative estimate of drug-likeness (QED) is 0.650. The second-order valence-electron chi connectivity index (χ2n) is 5.90. The summed E-state index contributed by atoms with van der Waals surface area (Å²) in [5, 5.41) is 7.13. The fourth-order valence-electron chi connectivity index (χ4n) is 2.49. The summed E-state index contributed by atoms with van der Waals surface area (Å²) in [5.41, 5.74) is 1.87. The standard InChI is InChI=1S/C18H17ClN4O3S/c19-16-4-6-17(7-5-16)27(25,26)11-18(24)21-9-14-2-1-3-15(8-14)10-23-13-20-12-22-23/h1-8,12-13H,9-11H2,(H,21,24). The molecule has 0 bridgehead atoms. The van der Waals surface area contributed by atoms with Crippen molar-refractivity contribution >= 4 is 27.3 Å². The van der Waals surface area contributed by atoms with Gasteiger partial charge in [0.2, 0.25) is 5.91 Å². The number of rotatable bonds is 7. The van der Waals surface area contributed by atoms with Crippen LogP contribution in [0, 0.1) is 0 Å². The van der Waals surface area contributed by atoms with E-state index in [2.05, 4.69) is 15.4 Å². The first-order valence-corrected chi connectivity index (χ1v) is 10.1. The van der Waals surface area contributed by atoms with Gasteiger partial charge in [-0.05, 0) is 35.4 Å². The Labute approximate surface area is 161 Å². The maximum atomic E-state index is 12.3. The molecule has 27 heavy (non-hydrogen) atoms. The van der Waals surface area contributed by atoms with Crippen LogP contribution >= 0.6 is 11.6 Å². The van der Waals surface area contributed by atoms with Gasteiger partial charge in [0.15, 0.2) is 9.84 Å². The minimum atomic E-state index is -3.71. The molecule has 0 aliphatic carbocycles. The zero-order valence-corrected chi connectivity index (χ0v) is 15.8. The van der Waals surface area contributed by atoms with Gasteiger partial charge < -0.3 is 5.32 Å². The predicted octanol–water partition coefficient (Wildman–Crippen LogP) is 2.07. The fraction of sp³-hybridized carbons (Fsp3) is 0.167. The average molecular weight is 405 g/mol. The summed E-state index contributed by atoms with van der Waals surface area (Å²) in [6, 6.07) is 13.3. The van der Waals surface area contributed by atoms with Gasteiger partial charge in [0, 0.05) is 11.6 Å². The molecule has 7 nitrogen and oxygen atoms in total. The molecular formula is C18H17ClN4O3S. The van der Waals surface area contributed by atoms with Crippen molar-refractivity contribution in [3.63, 3.8) is 0 Å². The van der Waals surface area contributed by atoms with Crippen molar-refractivity contribution in [1.29, 1.82) is 0 Å². The molecule has 2 aromatic carbocycles. The smallest absolute Gasteiger partial charge is 0.235 e. The molecule has 1 aromatic heterocycles.